The summed E-state index contributed by atoms with van der Waals surface area (Å²) < 4.78 is 5.30. The van der Waals surface area contributed by atoms with Crippen molar-refractivity contribution in [2.75, 3.05) is 26.2 Å². The third-order valence-electron chi connectivity index (χ3n) is 4.88. The third kappa shape index (κ3) is 5.78. The number of rotatable bonds is 7. The molecule has 0 aromatic heterocycles. The van der Waals surface area contributed by atoms with Gasteiger partial charge in [-0.25, -0.2) is 0 Å². The quantitative estimate of drug-likeness (QED) is 0.556. The van der Waals surface area contributed by atoms with Crippen molar-refractivity contribution in [3.8, 4) is 0 Å². The van der Waals surface area contributed by atoms with Crippen molar-refractivity contribution in [3.63, 3.8) is 0 Å². The lowest BCUT2D eigenvalue weighted by Crippen LogP contribution is -2.34. The van der Waals surface area contributed by atoms with Gasteiger partial charge in [-0.3, -0.25) is 9.34 Å². The molecule has 0 N–H and O–H groups in total. The standard InChI is InChI=1S/C22H41N2P/c1-11-23(12-2)25(24(13-3)14-4)20-16-18(21(5,6)7)15-19(17-20)22(8,9)10/h15-17H,11-14H2,1-10H3. The first-order valence-corrected chi connectivity index (χ1v) is 11.2. The molecule has 0 saturated heterocycles. The van der Waals surface area contributed by atoms with Gasteiger partial charge in [0.25, 0.3) is 0 Å². The largest absolute Gasteiger partial charge is 0.267 e. The van der Waals surface area contributed by atoms with Crippen molar-refractivity contribution in [1.29, 1.82) is 0 Å². The molecule has 25 heavy (non-hydrogen) atoms. The van der Waals surface area contributed by atoms with E-state index in [0.29, 0.717) is 0 Å². The molecule has 0 spiro atoms. The summed E-state index contributed by atoms with van der Waals surface area (Å²) in [5, 5.41) is 1.51. The Morgan fingerprint density at radius 3 is 1.20 bits per heavy atom. The molecule has 0 amide bonds. The van der Waals surface area contributed by atoms with Crippen LogP contribution in [0.5, 0.6) is 0 Å². The van der Waals surface area contributed by atoms with Crippen molar-refractivity contribution in [2.24, 2.45) is 0 Å². The predicted octanol–water partition coefficient (Wildman–Crippen LogP) is 5.90. The molecule has 1 aromatic rings. The van der Waals surface area contributed by atoms with Crippen LogP contribution in [0.25, 0.3) is 0 Å². The normalized spacial score (nSPS) is 13.3. The molecule has 0 heterocycles. The van der Waals surface area contributed by atoms with E-state index in [9.17, 15) is 0 Å². The summed E-state index contributed by atoms with van der Waals surface area (Å²) in [7, 11) is -0.443. The van der Waals surface area contributed by atoms with Gasteiger partial charge < -0.3 is 0 Å². The summed E-state index contributed by atoms with van der Waals surface area (Å²) in [6.07, 6.45) is 0. The maximum absolute atomic E-state index is 2.65. The summed E-state index contributed by atoms with van der Waals surface area (Å²) in [4.78, 5) is 0. The molecule has 0 saturated carbocycles. The summed E-state index contributed by atoms with van der Waals surface area (Å²) in [5.41, 5.74) is 3.26. The van der Waals surface area contributed by atoms with Gasteiger partial charge in [0.2, 0.25) is 0 Å². The van der Waals surface area contributed by atoms with E-state index in [1.54, 1.807) is 0 Å². The lowest BCUT2D eigenvalue weighted by molar-refractivity contribution is 0.430. The topological polar surface area (TPSA) is 6.48 Å². The smallest absolute Gasteiger partial charge is 0.0724 e. The summed E-state index contributed by atoms with van der Waals surface area (Å²) in [6.45, 7) is 27.5. The SMILES string of the molecule is CCN(CC)P(c1cc(C(C)(C)C)cc(C(C)(C)C)c1)N(CC)CC. The molecule has 0 atom stereocenters. The van der Waals surface area contributed by atoms with Crippen LogP contribution in [0.4, 0.5) is 0 Å². The number of hydrogen-bond donors (Lipinski definition) is 0. The van der Waals surface area contributed by atoms with Crippen molar-refractivity contribution < 1.29 is 0 Å². The molecule has 0 bridgehead atoms. The Kier molecular flexibility index (Phi) is 8.12. The zero-order chi connectivity index (χ0) is 19.4. The van der Waals surface area contributed by atoms with E-state index in [1.807, 2.05) is 0 Å². The van der Waals surface area contributed by atoms with E-state index >= 15 is 0 Å². The molecule has 0 aliphatic carbocycles. The van der Waals surface area contributed by atoms with Gasteiger partial charge in [0, 0.05) is 31.5 Å². The molecule has 144 valence electrons. The van der Waals surface area contributed by atoms with Crippen LogP contribution in [0.15, 0.2) is 18.2 Å². The van der Waals surface area contributed by atoms with Crippen LogP contribution >= 0.6 is 8.22 Å². The molecular weight excluding hydrogens is 323 g/mol. The van der Waals surface area contributed by atoms with Crippen molar-refractivity contribution in [2.45, 2.75) is 80.1 Å². The van der Waals surface area contributed by atoms with Crippen LogP contribution < -0.4 is 5.30 Å². The molecule has 0 fully saturated rings. The third-order valence-corrected chi connectivity index (χ3v) is 7.80. The Hall–Kier alpha value is -0.430. The van der Waals surface area contributed by atoms with Gasteiger partial charge in [-0.15, -0.1) is 0 Å². The average Bonchev–Trinajstić information content (AvgIpc) is 2.53. The molecule has 2 nitrogen and oxygen atoms in total. The minimum atomic E-state index is -0.443. The summed E-state index contributed by atoms with van der Waals surface area (Å²) in [6, 6.07) is 7.40. The first-order chi connectivity index (χ1) is 11.5. The van der Waals surface area contributed by atoms with Crippen LogP contribution in [-0.2, 0) is 10.8 Å². The fourth-order valence-electron chi connectivity index (χ4n) is 3.08. The lowest BCUT2D eigenvalue weighted by Gasteiger charge is -2.39. The van der Waals surface area contributed by atoms with Gasteiger partial charge in [0.1, 0.15) is 0 Å². The fraction of sp³-hybridized carbons (Fsp3) is 0.727. The second-order valence-electron chi connectivity index (χ2n) is 8.84. The van der Waals surface area contributed by atoms with E-state index in [2.05, 4.69) is 96.8 Å². The summed E-state index contributed by atoms with van der Waals surface area (Å²) >= 11 is 0. The molecule has 0 unspecified atom stereocenters. The van der Waals surface area contributed by atoms with Crippen LogP contribution in [0, 0.1) is 0 Å². The van der Waals surface area contributed by atoms with Crippen molar-refractivity contribution in [3.05, 3.63) is 29.3 Å². The van der Waals surface area contributed by atoms with Crippen LogP contribution in [0.2, 0.25) is 0 Å². The van der Waals surface area contributed by atoms with E-state index in [4.69, 9.17) is 0 Å². The maximum atomic E-state index is 2.65. The van der Waals surface area contributed by atoms with Gasteiger partial charge in [-0.1, -0.05) is 75.3 Å². The molecule has 0 aliphatic heterocycles. The monoisotopic (exact) mass is 364 g/mol. The predicted molar refractivity (Wildman–Crippen MR) is 116 cm³/mol. The Morgan fingerprint density at radius 2 is 0.960 bits per heavy atom. The lowest BCUT2D eigenvalue weighted by atomic mass is 9.81. The second kappa shape index (κ2) is 8.98. The first-order valence-electron chi connectivity index (χ1n) is 9.95. The molecule has 3 heteroatoms. The summed E-state index contributed by atoms with van der Waals surface area (Å²) in [5.74, 6) is 0. The molecule has 1 rings (SSSR count). The van der Waals surface area contributed by atoms with Gasteiger partial charge in [0.15, 0.2) is 0 Å². The maximum Gasteiger partial charge on any atom is 0.0724 e. The highest BCUT2D eigenvalue weighted by atomic mass is 31.1. The highest BCUT2D eigenvalue weighted by Crippen LogP contribution is 2.44. The number of benzene rings is 1. The van der Waals surface area contributed by atoms with E-state index in [0.717, 1.165) is 26.2 Å². The Bertz CT molecular complexity index is 488. The van der Waals surface area contributed by atoms with Crippen molar-refractivity contribution in [1.82, 2.24) is 9.34 Å². The Morgan fingerprint density at radius 1 is 0.640 bits per heavy atom. The average molecular weight is 365 g/mol. The van der Waals surface area contributed by atoms with E-state index in [1.165, 1.54) is 16.4 Å². The zero-order valence-corrected chi connectivity index (χ0v) is 19.3. The van der Waals surface area contributed by atoms with Gasteiger partial charge >= 0.3 is 0 Å². The molecular formula is C22H41N2P. The molecule has 0 radical (unpaired) electrons. The van der Waals surface area contributed by atoms with Gasteiger partial charge in [0.05, 0.1) is 8.22 Å². The van der Waals surface area contributed by atoms with E-state index < -0.39 is 8.22 Å². The van der Waals surface area contributed by atoms with Crippen LogP contribution in [0.1, 0.15) is 80.4 Å². The zero-order valence-electron chi connectivity index (χ0n) is 18.4. The minimum Gasteiger partial charge on any atom is -0.267 e. The minimum absolute atomic E-state index is 0.170. The Balaban J connectivity index is 3.61. The molecule has 1 aromatic carbocycles. The first kappa shape index (κ1) is 22.6. The number of nitrogens with zero attached hydrogens (tertiary/aromatic N) is 2. The Labute approximate surface area is 158 Å². The fourth-order valence-corrected chi connectivity index (χ4v) is 5.67. The van der Waals surface area contributed by atoms with Crippen LogP contribution in [-0.4, -0.2) is 35.5 Å². The second-order valence-corrected chi connectivity index (χ2v) is 11.1. The van der Waals surface area contributed by atoms with Crippen LogP contribution in [0.3, 0.4) is 0 Å². The molecule has 0 aliphatic rings. The number of hydrogen-bond acceptors (Lipinski definition) is 2. The van der Waals surface area contributed by atoms with Gasteiger partial charge in [-0.05, 0) is 34.1 Å². The van der Waals surface area contributed by atoms with Crippen molar-refractivity contribution >= 4 is 13.5 Å². The highest BCUT2D eigenvalue weighted by Gasteiger charge is 2.28. The van der Waals surface area contributed by atoms with Gasteiger partial charge in [-0.2, -0.15) is 0 Å². The van der Waals surface area contributed by atoms with E-state index in [-0.39, 0.29) is 10.8 Å². The highest BCUT2D eigenvalue weighted by molar-refractivity contribution is 7.61.